The average Bonchev–Trinajstić information content (AvgIpc) is 2.38. The second-order valence-electron chi connectivity index (χ2n) is 4.03. The van der Waals surface area contributed by atoms with Crippen LogP contribution in [0.5, 0.6) is 11.5 Å². The predicted molar refractivity (Wildman–Crippen MR) is 69.7 cm³/mol. The highest BCUT2D eigenvalue weighted by Crippen LogP contribution is 2.35. The summed E-state index contributed by atoms with van der Waals surface area (Å²) in [5, 5.41) is 14.0. The molecule has 1 N–H and O–H groups in total. The van der Waals surface area contributed by atoms with Crippen LogP contribution in [0.25, 0.3) is 21.5 Å². The third kappa shape index (κ3) is 1.49. The Morgan fingerprint density at radius 1 is 0.882 bits per heavy atom. The molecule has 0 unspecified atom stereocenters. The fourth-order valence-corrected chi connectivity index (χ4v) is 2.15. The molecule has 0 saturated heterocycles. The second kappa shape index (κ2) is 3.67. The van der Waals surface area contributed by atoms with E-state index in [-0.39, 0.29) is 0 Å². The SMILES string of the molecule is COc1ccc2c(O)c3ccccc3cc2c1. The Balaban J connectivity index is 2.45. The zero-order chi connectivity index (χ0) is 11.8. The molecular formula is C15H12O2. The van der Waals surface area contributed by atoms with Crippen molar-refractivity contribution in [3.8, 4) is 11.5 Å². The zero-order valence-electron chi connectivity index (χ0n) is 9.47. The number of fused-ring (bicyclic) bond motifs is 2. The van der Waals surface area contributed by atoms with Crippen molar-refractivity contribution < 1.29 is 9.84 Å². The summed E-state index contributed by atoms with van der Waals surface area (Å²) in [5.41, 5.74) is 0. The van der Waals surface area contributed by atoms with Gasteiger partial charge in [-0.3, -0.25) is 0 Å². The largest absolute Gasteiger partial charge is 0.507 e. The number of aromatic hydroxyl groups is 1. The zero-order valence-corrected chi connectivity index (χ0v) is 9.47. The minimum absolute atomic E-state index is 0.334. The Bertz CT molecular complexity index is 702. The minimum atomic E-state index is 0.334. The molecule has 0 spiro atoms. The Kier molecular flexibility index (Phi) is 2.15. The van der Waals surface area contributed by atoms with Gasteiger partial charge in [0.15, 0.2) is 0 Å². The van der Waals surface area contributed by atoms with Crippen molar-refractivity contribution in [3.63, 3.8) is 0 Å². The van der Waals surface area contributed by atoms with Gasteiger partial charge in [-0.1, -0.05) is 24.3 Å². The van der Waals surface area contributed by atoms with Gasteiger partial charge in [-0.05, 0) is 35.0 Å². The summed E-state index contributed by atoms with van der Waals surface area (Å²) in [7, 11) is 1.64. The van der Waals surface area contributed by atoms with Crippen molar-refractivity contribution in [2.45, 2.75) is 0 Å². The number of methoxy groups -OCH3 is 1. The highest BCUT2D eigenvalue weighted by atomic mass is 16.5. The van der Waals surface area contributed by atoms with Crippen molar-refractivity contribution in [3.05, 3.63) is 48.5 Å². The Labute approximate surface area is 99.1 Å². The molecular weight excluding hydrogens is 212 g/mol. The van der Waals surface area contributed by atoms with E-state index in [4.69, 9.17) is 4.74 Å². The summed E-state index contributed by atoms with van der Waals surface area (Å²) in [6.07, 6.45) is 0. The summed E-state index contributed by atoms with van der Waals surface area (Å²) in [4.78, 5) is 0. The smallest absolute Gasteiger partial charge is 0.131 e. The number of hydrogen-bond acceptors (Lipinski definition) is 2. The van der Waals surface area contributed by atoms with Gasteiger partial charge in [0.25, 0.3) is 0 Å². The maximum absolute atomic E-state index is 10.2. The molecule has 17 heavy (non-hydrogen) atoms. The topological polar surface area (TPSA) is 29.5 Å². The third-order valence-corrected chi connectivity index (χ3v) is 3.04. The lowest BCUT2D eigenvalue weighted by Gasteiger charge is -2.07. The van der Waals surface area contributed by atoms with Gasteiger partial charge in [0.1, 0.15) is 11.5 Å². The van der Waals surface area contributed by atoms with Gasteiger partial charge < -0.3 is 9.84 Å². The van der Waals surface area contributed by atoms with Crippen molar-refractivity contribution in [2.75, 3.05) is 7.11 Å². The van der Waals surface area contributed by atoms with E-state index in [0.29, 0.717) is 5.75 Å². The van der Waals surface area contributed by atoms with E-state index in [0.717, 1.165) is 27.3 Å². The van der Waals surface area contributed by atoms with Crippen molar-refractivity contribution >= 4 is 21.5 Å². The van der Waals surface area contributed by atoms with E-state index in [1.165, 1.54) is 0 Å². The first kappa shape index (κ1) is 9.97. The molecule has 0 aliphatic carbocycles. The normalized spacial score (nSPS) is 10.9. The van der Waals surface area contributed by atoms with Gasteiger partial charge in [0, 0.05) is 10.8 Å². The van der Waals surface area contributed by atoms with Crippen molar-refractivity contribution in [1.82, 2.24) is 0 Å². The highest BCUT2D eigenvalue weighted by molar-refractivity contribution is 6.05. The fourth-order valence-electron chi connectivity index (χ4n) is 2.15. The Morgan fingerprint density at radius 3 is 2.47 bits per heavy atom. The van der Waals surface area contributed by atoms with Crippen LogP contribution in [0, 0.1) is 0 Å². The maximum atomic E-state index is 10.2. The van der Waals surface area contributed by atoms with Crippen LogP contribution in [0.15, 0.2) is 48.5 Å². The lowest BCUT2D eigenvalue weighted by Crippen LogP contribution is -1.83. The van der Waals surface area contributed by atoms with Gasteiger partial charge in [-0.2, -0.15) is 0 Å². The summed E-state index contributed by atoms with van der Waals surface area (Å²) < 4.78 is 5.19. The first-order valence-electron chi connectivity index (χ1n) is 5.48. The standard InChI is InChI=1S/C15H12O2/c1-17-12-6-7-14-11(9-12)8-10-4-2-3-5-13(10)15(14)16/h2-9,16H,1H3. The molecule has 0 amide bonds. The van der Waals surface area contributed by atoms with Crippen LogP contribution >= 0.6 is 0 Å². The van der Waals surface area contributed by atoms with Crippen molar-refractivity contribution in [2.24, 2.45) is 0 Å². The average molecular weight is 224 g/mol. The molecule has 0 bridgehead atoms. The fraction of sp³-hybridized carbons (Fsp3) is 0.0667. The van der Waals surface area contributed by atoms with Crippen LogP contribution in [-0.4, -0.2) is 12.2 Å². The first-order chi connectivity index (χ1) is 8.29. The summed E-state index contributed by atoms with van der Waals surface area (Å²) in [6, 6.07) is 15.6. The predicted octanol–water partition coefficient (Wildman–Crippen LogP) is 3.71. The minimum Gasteiger partial charge on any atom is -0.507 e. The molecule has 0 aliphatic rings. The monoisotopic (exact) mass is 224 g/mol. The molecule has 0 saturated carbocycles. The van der Waals surface area contributed by atoms with Crippen LogP contribution in [0.3, 0.4) is 0 Å². The lowest BCUT2D eigenvalue weighted by atomic mass is 10.0. The molecule has 0 aliphatic heterocycles. The van der Waals surface area contributed by atoms with E-state index >= 15 is 0 Å². The molecule has 2 heteroatoms. The van der Waals surface area contributed by atoms with Crippen LogP contribution in [0.2, 0.25) is 0 Å². The van der Waals surface area contributed by atoms with Gasteiger partial charge in [0.2, 0.25) is 0 Å². The Morgan fingerprint density at radius 2 is 1.65 bits per heavy atom. The van der Waals surface area contributed by atoms with Gasteiger partial charge in [0.05, 0.1) is 7.11 Å². The van der Waals surface area contributed by atoms with Crippen LogP contribution in [-0.2, 0) is 0 Å². The highest BCUT2D eigenvalue weighted by Gasteiger charge is 2.06. The van der Waals surface area contributed by atoms with Crippen LogP contribution in [0.4, 0.5) is 0 Å². The number of benzene rings is 3. The second-order valence-corrected chi connectivity index (χ2v) is 4.03. The van der Waals surface area contributed by atoms with E-state index in [1.54, 1.807) is 7.11 Å². The molecule has 0 radical (unpaired) electrons. The summed E-state index contributed by atoms with van der Waals surface area (Å²) in [5.74, 6) is 1.13. The summed E-state index contributed by atoms with van der Waals surface area (Å²) in [6.45, 7) is 0. The van der Waals surface area contributed by atoms with Gasteiger partial charge in [-0.25, -0.2) is 0 Å². The number of ether oxygens (including phenoxy) is 1. The third-order valence-electron chi connectivity index (χ3n) is 3.04. The van der Waals surface area contributed by atoms with Gasteiger partial charge >= 0.3 is 0 Å². The number of rotatable bonds is 1. The summed E-state index contributed by atoms with van der Waals surface area (Å²) >= 11 is 0. The van der Waals surface area contributed by atoms with E-state index in [1.807, 2.05) is 42.5 Å². The number of phenolic OH excluding ortho intramolecular Hbond substituents is 1. The first-order valence-corrected chi connectivity index (χ1v) is 5.48. The molecule has 3 aromatic rings. The quantitative estimate of drug-likeness (QED) is 0.638. The maximum Gasteiger partial charge on any atom is 0.131 e. The van der Waals surface area contributed by atoms with E-state index in [9.17, 15) is 5.11 Å². The van der Waals surface area contributed by atoms with E-state index in [2.05, 4.69) is 6.07 Å². The number of hydrogen-bond donors (Lipinski definition) is 1. The molecule has 3 aromatic carbocycles. The molecule has 0 fully saturated rings. The Hall–Kier alpha value is -2.22. The van der Waals surface area contributed by atoms with Crippen LogP contribution in [0.1, 0.15) is 0 Å². The molecule has 2 nitrogen and oxygen atoms in total. The van der Waals surface area contributed by atoms with Crippen LogP contribution < -0.4 is 4.74 Å². The lowest BCUT2D eigenvalue weighted by molar-refractivity contribution is 0.415. The molecule has 0 heterocycles. The molecule has 0 aromatic heterocycles. The molecule has 84 valence electrons. The van der Waals surface area contributed by atoms with E-state index < -0.39 is 0 Å². The molecule has 0 atom stereocenters. The molecule has 3 rings (SSSR count). The van der Waals surface area contributed by atoms with Crippen molar-refractivity contribution in [1.29, 1.82) is 0 Å². The van der Waals surface area contributed by atoms with Gasteiger partial charge in [-0.15, -0.1) is 0 Å². The number of phenols is 1.